The summed E-state index contributed by atoms with van der Waals surface area (Å²) in [6.45, 7) is 5.03. The third-order valence-electron chi connectivity index (χ3n) is 5.83. The normalized spacial score (nSPS) is 17.2. The highest BCUT2D eigenvalue weighted by atomic mass is 32.2. The van der Waals surface area contributed by atoms with Gasteiger partial charge in [0.1, 0.15) is 11.7 Å². The predicted octanol–water partition coefficient (Wildman–Crippen LogP) is 4.87. The van der Waals surface area contributed by atoms with E-state index in [2.05, 4.69) is 51.7 Å². The van der Waals surface area contributed by atoms with Gasteiger partial charge in [-0.2, -0.15) is 0 Å². The number of fused-ring (bicyclic) bond motifs is 3. The van der Waals surface area contributed by atoms with Crippen molar-refractivity contribution in [3.63, 3.8) is 0 Å². The van der Waals surface area contributed by atoms with Crippen LogP contribution in [-0.2, 0) is 13.1 Å². The molecule has 1 fully saturated rings. The molecule has 31 heavy (non-hydrogen) atoms. The maximum atomic E-state index is 13.5. The molecule has 1 aliphatic heterocycles. The molecule has 0 radical (unpaired) electrons. The van der Waals surface area contributed by atoms with Crippen molar-refractivity contribution in [2.45, 2.75) is 37.8 Å². The van der Waals surface area contributed by atoms with Gasteiger partial charge in [-0.1, -0.05) is 61.2 Å². The second-order valence-corrected chi connectivity index (χ2v) is 9.29. The second-order valence-electron chi connectivity index (χ2n) is 8.06. The third kappa shape index (κ3) is 4.00. The summed E-state index contributed by atoms with van der Waals surface area (Å²) in [5.74, 6) is 1.40. The lowest BCUT2D eigenvalue weighted by molar-refractivity contribution is 0.282. The van der Waals surface area contributed by atoms with E-state index in [4.69, 9.17) is 10.7 Å². The van der Waals surface area contributed by atoms with E-state index in [0.29, 0.717) is 25.3 Å². The fourth-order valence-corrected chi connectivity index (χ4v) is 5.07. The van der Waals surface area contributed by atoms with Crippen LogP contribution in [0, 0.1) is 0 Å². The number of nitrogens with zero attached hydrogens (tertiary/aromatic N) is 4. The van der Waals surface area contributed by atoms with Crippen LogP contribution in [0.2, 0.25) is 0 Å². The minimum atomic E-state index is -0.681. The number of pyridine rings is 1. The van der Waals surface area contributed by atoms with Gasteiger partial charge in [0, 0.05) is 25.0 Å². The Morgan fingerprint density at radius 1 is 1.06 bits per heavy atom. The Hall–Kier alpha value is -2.64. The molecule has 2 aromatic carbocycles. The minimum absolute atomic E-state index is 0.470. The van der Waals surface area contributed by atoms with Crippen molar-refractivity contribution in [1.82, 2.24) is 19.4 Å². The number of para-hydroxylation sites is 1. The number of alkyl halides is 1. The molecule has 0 unspecified atom stereocenters. The van der Waals surface area contributed by atoms with Crippen LogP contribution in [-0.4, -0.2) is 44.4 Å². The first kappa shape index (κ1) is 20.3. The average Bonchev–Trinajstić information content (AvgIpc) is 3.34. The summed E-state index contributed by atoms with van der Waals surface area (Å²) in [7, 11) is 0. The van der Waals surface area contributed by atoms with Gasteiger partial charge in [0.25, 0.3) is 0 Å². The van der Waals surface area contributed by atoms with Gasteiger partial charge < -0.3 is 10.3 Å². The molecule has 1 atom stereocenters. The van der Waals surface area contributed by atoms with E-state index in [1.54, 1.807) is 11.8 Å². The van der Waals surface area contributed by atoms with Gasteiger partial charge in [0.2, 0.25) is 0 Å². The number of likely N-dealkylation sites (tertiary alicyclic amines) is 1. The van der Waals surface area contributed by atoms with E-state index in [1.807, 2.05) is 18.2 Å². The lowest BCUT2D eigenvalue weighted by Crippen LogP contribution is -2.20. The Kier molecular flexibility index (Phi) is 5.54. The van der Waals surface area contributed by atoms with Crippen molar-refractivity contribution in [2.75, 3.05) is 24.6 Å². The highest BCUT2D eigenvalue weighted by Gasteiger charge is 2.21. The molecule has 4 aromatic rings. The Morgan fingerprint density at radius 2 is 1.81 bits per heavy atom. The van der Waals surface area contributed by atoms with Gasteiger partial charge in [-0.05, 0) is 29.4 Å². The van der Waals surface area contributed by atoms with Crippen LogP contribution in [0.4, 0.5) is 10.2 Å². The third-order valence-corrected chi connectivity index (χ3v) is 6.69. The zero-order valence-electron chi connectivity index (χ0n) is 17.6. The number of thioether (sulfide) groups is 1. The predicted molar refractivity (Wildman–Crippen MR) is 126 cm³/mol. The Morgan fingerprint density at radius 3 is 2.52 bits per heavy atom. The molecule has 1 aliphatic rings. The number of rotatable bonds is 6. The first-order chi connectivity index (χ1) is 15.1. The molecular weight excluding hydrogens is 409 g/mol. The number of benzene rings is 2. The maximum Gasteiger partial charge on any atom is 0.169 e. The molecule has 7 heteroatoms. The molecule has 2 aromatic heterocycles. The summed E-state index contributed by atoms with van der Waals surface area (Å²) >= 11 is 1.72. The summed E-state index contributed by atoms with van der Waals surface area (Å²) in [5.41, 5.74) is 11.4. The van der Waals surface area contributed by atoms with Crippen LogP contribution in [0.25, 0.3) is 21.9 Å². The lowest BCUT2D eigenvalue weighted by Gasteiger charge is -2.15. The van der Waals surface area contributed by atoms with Crippen molar-refractivity contribution in [2.24, 2.45) is 0 Å². The Bertz CT molecular complexity index is 1220. The standard InChI is InChI=1S/C24H26FN5S/c1-2-31-24-28-21-22(19-5-3-4-6-20(19)27-23(21)26)30(24)14-17-9-7-16(8-10-17)13-29-12-11-18(25)15-29/h3-10,18H,2,11-15H2,1H3,(H2,26,27)/t18-/m0/s1. The number of nitrogens with two attached hydrogens (primary N) is 1. The highest BCUT2D eigenvalue weighted by Crippen LogP contribution is 2.32. The molecule has 160 valence electrons. The second kappa shape index (κ2) is 8.48. The summed E-state index contributed by atoms with van der Waals surface area (Å²) in [5, 5.41) is 2.02. The van der Waals surface area contributed by atoms with E-state index in [-0.39, 0.29) is 0 Å². The van der Waals surface area contributed by atoms with Gasteiger partial charge in [-0.3, -0.25) is 4.90 Å². The topological polar surface area (TPSA) is 60.0 Å². The molecule has 0 spiro atoms. The first-order valence-electron chi connectivity index (χ1n) is 10.7. The molecule has 1 saturated heterocycles. The van der Waals surface area contributed by atoms with E-state index < -0.39 is 6.17 Å². The van der Waals surface area contributed by atoms with Crippen LogP contribution in [0.5, 0.6) is 0 Å². The van der Waals surface area contributed by atoms with Gasteiger partial charge in [-0.25, -0.2) is 14.4 Å². The number of hydrogen-bond donors (Lipinski definition) is 1. The zero-order chi connectivity index (χ0) is 21.4. The first-order valence-corrected chi connectivity index (χ1v) is 11.7. The monoisotopic (exact) mass is 435 g/mol. The van der Waals surface area contributed by atoms with Gasteiger partial charge >= 0.3 is 0 Å². The average molecular weight is 436 g/mol. The van der Waals surface area contributed by atoms with Crippen LogP contribution < -0.4 is 5.73 Å². The molecule has 0 bridgehead atoms. The maximum absolute atomic E-state index is 13.5. The zero-order valence-corrected chi connectivity index (χ0v) is 18.4. The molecular formula is C24H26FN5S. The van der Waals surface area contributed by atoms with E-state index in [9.17, 15) is 4.39 Å². The van der Waals surface area contributed by atoms with Crippen LogP contribution in [0.1, 0.15) is 24.5 Å². The number of hydrogen-bond acceptors (Lipinski definition) is 5. The molecule has 0 saturated carbocycles. The summed E-state index contributed by atoms with van der Waals surface area (Å²) in [6.07, 6.45) is -0.0321. The fourth-order valence-electron chi connectivity index (χ4n) is 4.34. The molecule has 3 heterocycles. The van der Waals surface area contributed by atoms with Gasteiger partial charge in [0.15, 0.2) is 11.0 Å². The number of anilines is 1. The van der Waals surface area contributed by atoms with Crippen molar-refractivity contribution >= 4 is 39.5 Å². The van der Waals surface area contributed by atoms with Crippen LogP contribution in [0.15, 0.2) is 53.7 Å². The summed E-state index contributed by atoms with van der Waals surface area (Å²) in [6, 6.07) is 16.7. The minimum Gasteiger partial charge on any atom is -0.382 e. The van der Waals surface area contributed by atoms with E-state index in [1.165, 1.54) is 11.1 Å². The van der Waals surface area contributed by atoms with Gasteiger partial charge in [-0.15, -0.1) is 0 Å². The quantitative estimate of drug-likeness (QED) is 0.438. The van der Waals surface area contributed by atoms with E-state index in [0.717, 1.165) is 45.9 Å². The Labute approximate surface area is 185 Å². The fraction of sp³-hybridized carbons (Fsp3) is 0.333. The van der Waals surface area contributed by atoms with Crippen LogP contribution >= 0.6 is 11.8 Å². The molecule has 5 nitrogen and oxygen atoms in total. The van der Waals surface area contributed by atoms with Gasteiger partial charge in [0.05, 0.1) is 17.6 Å². The number of nitrogen functional groups attached to an aromatic ring is 1. The largest absolute Gasteiger partial charge is 0.382 e. The summed E-state index contributed by atoms with van der Waals surface area (Å²) < 4.78 is 15.7. The molecule has 5 rings (SSSR count). The Balaban J connectivity index is 1.50. The SMILES string of the molecule is CCSc1nc2c(N)nc3ccccc3c2n1Cc1ccc(CN2CC[C@H](F)C2)cc1. The van der Waals surface area contributed by atoms with Crippen molar-refractivity contribution < 1.29 is 4.39 Å². The summed E-state index contributed by atoms with van der Waals surface area (Å²) in [4.78, 5) is 11.6. The van der Waals surface area contributed by atoms with Crippen molar-refractivity contribution in [3.8, 4) is 0 Å². The smallest absolute Gasteiger partial charge is 0.169 e. The molecule has 2 N–H and O–H groups in total. The van der Waals surface area contributed by atoms with Crippen molar-refractivity contribution in [3.05, 3.63) is 59.7 Å². The highest BCUT2D eigenvalue weighted by molar-refractivity contribution is 7.99. The number of halogens is 1. The van der Waals surface area contributed by atoms with Crippen LogP contribution in [0.3, 0.4) is 0 Å². The van der Waals surface area contributed by atoms with E-state index >= 15 is 0 Å². The number of aromatic nitrogens is 3. The van der Waals surface area contributed by atoms with Crippen molar-refractivity contribution in [1.29, 1.82) is 0 Å². The molecule has 0 aliphatic carbocycles. The molecule has 0 amide bonds. The lowest BCUT2D eigenvalue weighted by atomic mass is 10.1. The number of imidazole rings is 1.